The van der Waals surface area contributed by atoms with Crippen LogP contribution in [0, 0.1) is 17.2 Å². The molecule has 1 aliphatic carbocycles. The van der Waals surface area contributed by atoms with E-state index in [0.717, 1.165) is 51.1 Å². The van der Waals surface area contributed by atoms with Crippen molar-refractivity contribution in [2.24, 2.45) is 5.92 Å². The second kappa shape index (κ2) is 6.63. The predicted molar refractivity (Wildman–Crippen MR) is 90.3 cm³/mol. The zero-order valence-electron chi connectivity index (χ0n) is 13.5. The second-order valence-corrected chi connectivity index (χ2v) is 7.45. The highest BCUT2D eigenvalue weighted by Gasteiger charge is 2.47. The van der Waals surface area contributed by atoms with E-state index in [1.54, 1.807) is 16.0 Å². The highest BCUT2D eigenvalue weighted by atomic mass is 32.1. The van der Waals surface area contributed by atoms with E-state index in [1.165, 1.54) is 5.56 Å². The van der Waals surface area contributed by atoms with Gasteiger partial charge in [-0.1, -0.05) is 5.21 Å². The minimum absolute atomic E-state index is 0.150. The molecule has 126 valence electrons. The molecule has 7 heteroatoms. The van der Waals surface area contributed by atoms with Crippen molar-refractivity contribution in [1.82, 2.24) is 20.3 Å². The molecule has 0 spiro atoms. The summed E-state index contributed by atoms with van der Waals surface area (Å²) >= 11 is 1.71. The number of hydrogen-bond donors (Lipinski definition) is 1. The van der Waals surface area contributed by atoms with Gasteiger partial charge in [0.1, 0.15) is 0 Å². The summed E-state index contributed by atoms with van der Waals surface area (Å²) in [6, 6.07) is 4.67. The average Bonchev–Trinajstić information content (AvgIpc) is 3.01. The van der Waals surface area contributed by atoms with Gasteiger partial charge in [-0.15, -0.1) is 5.10 Å². The lowest BCUT2D eigenvalue weighted by Gasteiger charge is -2.29. The molecule has 2 aromatic rings. The lowest BCUT2D eigenvalue weighted by molar-refractivity contribution is 0.0527. The van der Waals surface area contributed by atoms with Gasteiger partial charge in [0.25, 0.3) is 0 Å². The summed E-state index contributed by atoms with van der Waals surface area (Å²) in [5, 5.41) is 26.0. The smallest absolute Gasteiger partial charge is 0.150 e. The van der Waals surface area contributed by atoms with Gasteiger partial charge in [0, 0.05) is 19.8 Å². The summed E-state index contributed by atoms with van der Waals surface area (Å²) < 4.78 is 7.28. The van der Waals surface area contributed by atoms with Gasteiger partial charge in [0.2, 0.25) is 0 Å². The number of nitrogens with one attached hydrogen (secondary N) is 1. The fraction of sp³-hybridized carbons (Fsp3) is 0.588. The average molecular weight is 343 g/mol. The molecule has 2 aromatic heterocycles. The molecular formula is C17H21N5OS. The van der Waals surface area contributed by atoms with Crippen molar-refractivity contribution in [2.75, 3.05) is 13.2 Å². The van der Waals surface area contributed by atoms with Crippen LogP contribution in [-0.4, -0.2) is 28.2 Å². The highest BCUT2D eigenvalue weighted by molar-refractivity contribution is 7.07. The van der Waals surface area contributed by atoms with E-state index < -0.39 is 5.54 Å². The number of rotatable bonds is 6. The minimum Gasteiger partial charge on any atom is -0.381 e. The third-order valence-electron chi connectivity index (χ3n) is 5.04. The van der Waals surface area contributed by atoms with Crippen molar-refractivity contribution >= 4 is 11.3 Å². The summed E-state index contributed by atoms with van der Waals surface area (Å²) in [4.78, 5) is 0. The molecule has 1 N–H and O–H groups in total. The van der Waals surface area contributed by atoms with Crippen LogP contribution in [-0.2, 0) is 16.8 Å². The van der Waals surface area contributed by atoms with Crippen molar-refractivity contribution in [3.05, 3.63) is 34.3 Å². The zero-order valence-corrected chi connectivity index (χ0v) is 14.3. The van der Waals surface area contributed by atoms with Crippen molar-refractivity contribution in [3.63, 3.8) is 0 Å². The van der Waals surface area contributed by atoms with Crippen molar-refractivity contribution < 1.29 is 4.74 Å². The minimum atomic E-state index is -0.446. The number of hydrogen-bond acceptors (Lipinski definition) is 6. The van der Waals surface area contributed by atoms with Crippen LogP contribution >= 0.6 is 11.3 Å². The van der Waals surface area contributed by atoms with Crippen LogP contribution in [0.3, 0.4) is 0 Å². The maximum Gasteiger partial charge on any atom is 0.150 e. The van der Waals surface area contributed by atoms with Crippen LogP contribution in [0.25, 0.3) is 0 Å². The maximum atomic E-state index is 9.37. The summed E-state index contributed by atoms with van der Waals surface area (Å²) in [6.45, 7) is 2.43. The van der Waals surface area contributed by atoms with Crippen molar-refractivity contribution in [2.45, 2.75) is 43.8 Å². The van der Waals surface area contributed by atoms with Crippen LogP contribution < -0.4 is 5.32 Å². The Morgan fingerprint density at radius 3 is 2.96 bits per heavy atom. The van der Waals surface area contributed by atoms with Crippen LogP contribution in [0.1, 0.15) is 43.0 Å². The van der Waals surface area contributed by atoms with E-state index in [9.17, 15) is 5.26 Å². The first-order valence-corrected chi connectivity index (χ1v) is 9.41. The van der Waals surface area contributed by atoms with Gasteiger partial charge >= 0.3 is 0 Å². The predicted octanol–water partition coefficient (Wildman–Crippen LogP) is 2.61. The number of aromatic nitrogens is 3. The van der Waals surface area contributed by atoms with Gasteiger partial charge in [-0.25, -0.2) is 4.68 Å². The summed E-state index contributed by atoms with van der Waals surface area (Å²) in [6.07, 6.45) is 5.76. The normalized spacial score (nSPS) is 21.3. The highest BCUT2D eigenvalue weighted by Crippen LogP contribution is 2.42. The van der Waals surface area contributed by atoms with Crippen LogP contribution in [0.5, 0.6) is 0 Å². The third-order valence-corrected chi connectivity index (χ3v) is 5.78. The first kappa shape index (κ1) is 15.8. The van der Waals surface area contributed by atoms with Gasteiger partial charge in [-0.05, 0) is 54.0 Å². The van der Waals surface area contributed by atoms with Crippen LogP contribution in [0.15, 0.2) is 23.0 Å². The Morgan fingerprint density at radius 2 is 2.29 bits per heavy atom. The standard InChI is InChI=1S/C17H21N5OS/c18-12-17(4-5-17)22-10-15(20-21-22)16(14-1-6-23-7-2-14)19-9-13-3-8-24-11-13/h3,8,10-11,14,16,19H,1-2,4-7,9H2/t16-/m0/s1. The van der Waals surface area contributed by atoms with Gasteiger partial charge in [-0.2, -0.15) is 16.6 Å². The van der Waals surface area contributed by atoms with E-state index in [4.69, 9.17) is 4.74 Å². The molecule has 0 aromatic carbocycles. The fourth-order valence-corrected chi connectivity index (χ4v) is 3.99. The quantitative estimate of drug-likeness (QED) is 0.872. The zero-order chi connectivity index (χ0) is 16.4. The molecular weight excluding hydrogens is 322 g/mol. The van der Waals surface area contributed by atoms with Crippen LogP contribution in [0.2, 0.25) is 0 Å². The maximum absolute atomic E-state index is 9.37. The molecule has 0 amide bonds. The number of nitriles is 1. The SMILES string of the molecule is N#CC1(n2cc([C@@H](NCc3ccsc3)C3CCOCC3)nn2)CC1. The summed E-state index contributed by atoms with van der Waals surface area (Å²) in [5.41, 5.74) is 1.79. The lowest BCUT2D eigenvalue weighted by atomic mass is 9.90. The number of ether oxygens (including phenoxy) is 1. The van der Waals surface area contributed by atoms with E-state index >= 15 is 0 Å². The van der Waals surface area contributed by atoms with Gasteiger partial charge in [0.15, 0.2) is 5.54 Å². The Balaban J connectivity index is 1.54. The van der Waals surface area contributed by atoms with Crippen LogP contribution in [0.4, 0.5) is 0 Å². The van der Waals surface area contributed by atoms with Gasteiger partial charge < -0.3 is 10.1 Å². The molecule has 4 rings (SSSR count). The Labute approximate surface area is 145 Å². The molecule has 1 saturated carbocycles. The molecule has 1 aliphatic heterocycles. The second-order valence-electron chi connectivity index (χ2n) is 6.67. The van der Waals surface area contributed by atoms with E-state index in [-0.39, 0.29) is 6.04 Å². The summed E-state index contributed by atoms with van der Waals surface area (Å²) in [5.74, 6) is 0.486. The molecule has 6 nitrogen and oxygen atoms in total. The monoisotopic (exact) mass is 343 g/mol. The number of nitrogens with zero attached hydrogens (tertiary/aromatic N) is 4. The summed E-state index contributed by atoms with van der Waals surface area (Å²) in [7, 11) is 0. The molecule has 2 fully saturated rings. The Hall–Kier alpha value is -1.75. The van der Waals surface area contributed by atoms with E-state index in [0.29, 0.717) is 5.92 Å². The Kier molecular flexibility index (Phi) is 4.35. The third kappa shape index (κ3) is 3.09. The van der Waals surface area contributed by atoms with Gasteiger partial charge in [0.05, 0.1) is 24.0 Å². The lowest BCUT2D eigenvalue weighted by Crippen LogP contribution is -2.32. The largest absolute Gasteiger partial charge is 0.381 e. The topological polar surface area (TPSA) is 75.8 Å². The van der Waals surface area contributed by atoms with Crippen molar-refractivity contribution in [1.29, 1.82) is 5.26 Å². The van der Waals surface area contributed by atoms with E-state index in [2.05, 4.69) is 38.5 Å². The molecule has 24 heavy (non-hydrogen) atoms. The molecule has 1 atom stereocenters. The molecule has 2 aliphatic rings. The molecule has 0 bridgehead atoms. The number of thiophene rings is 1. The van der Waals surface area contributed by atoms with E-state index in [1.807, 2.05) is 6.20 Å². The fourth-order valence-electron chi connectivity index (χ4n) is 3.32. The van der Waals surface area contributed by atoms with Crippen molar-refractivity contribution in [3.8, 4) is 6.07 Å². The molecule has 1 saturated heterocycles. The molecule has 0 radical (unpaired) electrons. The Bertz CT molecular complexity index is 710. The Morgan fingerprint density at radius 1 is 1.46 bits per heavy atom. The molecule has 0 unspecified atom stereocenters. The first-order valence-electron chi connectivity index (χ1n) is 8.47. The first-order chi connectivity index (χ1) is 11.8. The molecule has 3 heterocycles. The van der Waals surface area contributed by atoms with Gasteiger partial charge in [-0.3, -0.25) is 0 Å².